The van der Waals surface area contributed by atoms with Gasteiger partial charge in [0.1, 0.15) is 0 Å². The van der Waals surface area contributed by atoms with Gasteiger partial charge in [-0.25, -0.2) is 0 Å². The van der Waals surface area contributed by atoms with E-state index in [0.29, 0.717) is 10.6 Å². The van der Waals surface area contributed by atoms with Gasteiger partial charge in [0.2, 0.25) is 5.91 Å². The van der Waals surface area contributed by atoms with Crippen LogP contribution in [-0.2, 0) is 4.79 Å². The molecule has 0 spiro atoms. The Balaban J connectivity index is 3.09. The molecule has 0 fully saturated rings. The lowest BCUT2D eigenvalue weighted by atomic mass is 10.1. The van der Waals surface area contributed by atoms with Crippen LogP contribution >= 0.6 is 27.5 Å². The second kappa shape index (κ2) is 6.20. The standard InChI is InChI=1S/C12H14BrClN2O2/c1-7(2)16(6-11(15)17)12(18)9-5-8(13)3-4-10(9)14/h3-5,7H,6H2,1-2H3,(H2,15,17). The summed E-state index contributed by atoms with van der Waals surface area (Å²) in [7, 11) is 0. The third kappa shape index (κ3) is 3.71. The quantitative estimate of drug-likeness (QED) is 0.920. The zero-order valence-electron chi connectivity index (χ0n) is 10.1. The van der Waals surface area contributed by atoms with Gasteiger partial charge in [-0.1, -0.05) is 27.5 Å². The van der Waals surface area contributed by atoms with Crippen molar-refractivity contribution >= 4 is 39.3 Å². The second-order valence-electron chi connectivity index (χ2n) is 4.12. The van der Waals surface area contributed by atoms with Gasteiger partial charge in [0.15, 0.2) is 0 Å². The molecule has 18 heavy (non-hydrogen) atoms. The molecule has 4 nitrogen and oxygen atoms in total. The monoisotopic (exact) mass is 332 g/mol. The van der Waals surface area contributed by atoms with Gasteiger partial charge in [-0.3, -0.25) is 9.59 Å². The lowest BCUT2D eigenvalue weighted by Gasteiger charge is -2.25. The first-order chi connectivity index (χ1) is 8.32. The number of rotatable bonds is 4. The number of carbonyl (C=O) groups excluding carboxylic acids is 2. The zero-order chi connectivity index (χ0) is 13.9. The first-order valence-electron chi connectivity index (χ1n) is 5.37. The van der Waals surface area contributed by atoms with Crippen molar-refractivity contribution in [2.75, 3.05) is 6.54 Å². The maximum Gasteiger partial charge on any atom is 0.256 e. The van der Waals surface area contributed by atoms with E-state index in [-0.39, 0.29) is 18.5 Å². The topological polar surface area (TPSA) is 63.4 Å². The van der Waals surface area contributed by atoms with Crippen LogP contribution in [0.15, 0.2) is 22.7 Å². The fraction of sp³-hybridized carbons (Fsp3) is 0.333. The molecule has 0 heterocycles. The van der Waals surface area contributed by atoms with Crippen LogP contribution in [0.25, 0.3) is 0 Å². The summed E-state index contributed by atoms with van der Waals surface area (Å²) in [6.45, 7) is 3.50. The molecule has 1 rings (SSSR count). The number of halogens is 2. The van der Waals surface area contributed by atoms with Crippen molar-refractivity contribution in [2.24, 2.45) is 5.73 Å². The molecule has 0 saturated heterocycles. The van der Waals surface area contributed by atoms with Gasteiger partial charge in [-0.15, -0.1) is 0 Å². The molecule has 6 heteroatoms. The number of hydrogen-bond acceptors (Lipinski definition) is 2. The van der Waals surface area contributed by atoms with Crippen molar-refractivity contribution in [2.45, 2.75) is 19.9 Å². The molecule has 2 amide bonds. The highest BCUT2D eigenvalue weighted by atomic mass is 79.9. The highest BCUT2D eigenvalue weighted by Gasteiger charge is 2.22. The van der Waals surface area contributed by atoms with Crippen LogP contribution in [0.1, 0.15) is 24.2 Å². The molecular formula is C12H14BrClN2O2. The van der Waals surface area contributed by atoms with Crippen molar-refractivity contribution in [1.29, 1.82) is 0 Å². The van der Waals surface area contributed by atoms with E-state index in [1.54, 1.807) is 18.2 Å². The molecule has 0 aromatic heterocycles. The van der Waals surface area contributed by atoms with E-state index < -0.39 is 5.91 Å². The average molecular weight is 334 g/mol. The number of benzene rings is 1. The highest BCUT2D eigenvalue weighted by molar-refractivity contribution is 9.10. The Hall–Kier alpha value is -1.07. The zero-order valence-corrected chi connectivity index (χ0v) is 12.5. The number of amides is 2. The van der Waals surface area contributed by atoms with Crippen molar-refractivity contribution < 1.29 is 9.59 Å². The Kier molecular flexibility index (Phi) is 5.16. The van der Waals surface area contributed by atoms with Crippen LogP contribution in [0.3, 0.4) is 0 Å². The van der Waals surface area contributed by atoms with Gasteiger partial charge in [-0.2, -0.15) is 0 Å². The van der Waals surface area contributed by atoms with E-state index in [1.807, 2.05) is 13.8 Å². The molecular weight excluding hydrogens is 320 g/mol. The molecule has 0 radical (unpaired) electrons. The number of nitrogens with zero attached hydrogens (tertiary/aromatic N) is 1. The summed E-state index contributed by atoms with van der Waals surface area (Å²) < 4.78 is 0.748. The predicted molar refractivity (Wildman–Crippen MR) is 74.5 cm³/mol. The summed E-state index contributed by atoms with van der Waals surface area (Å²) in [5.74, 6) is -0.863. The fourth-order valence-electron chi connectivity index (χ4n) is 1.47. The van der Waals surface area contributed by atoms with Crippen LogP contribution in [-0.4, -0.2) is 29.3 Å². The van der Waals surface area contributed by atoms with E-state index in [0.717, 1.165) is 4.47 Å². The van der Waals surface area contributed by atoms with Gasteiger partial charge < -0.3 is 10.6 Å². The van der Waals surface area contributed by atoms with E-state index in [9.17, 15) is 9.59 Å². The Bertz CT molecular complexity index is 477. The minimum atomic E-state index is -0.553. The summed E-state index contributed by atoms with van der Waals surface area (Å²) in [6.07, 6.45) is 0. The van der Waals surface area contributed by atoms with Crippen molar-refractivity contribution in [3.8, 4) is 0 Å². The van der Waals surface area contributed by atoms with E-state index in [4.69, 9.17) is 17.3 Å². The van der Waals surface area contributed by atoms with Crippen molar-refractivity contribution in [1.82, 2.24) is 4.90 Å². The third-order valence-corrected chi connectivity index (χ3v) is 3.19. The van der Waals surface area contributed by atoms with E-state index in [1.165, 1.54) is 4.90 Å². The van der Waals surface area contributed by atoms with Crippen LogP contribution in [0.2, 0.25) is 5.02 Å². The van der Waals surface area contributed by atoms with Gasteiger partial charge in [0, 0.05) is 10.5 Å². The van der Waals surface area contributed by atoms with Gasteiger partial charge in [-0.05, 0) is 32.0 Å². The summed E-state index contributed by atoms with van der Waals surface area (Å²) >= 11 is 9.27. The number of primary amides is 1. The van der Waals surface area contributed by atoms with Gasteiger partial charge in [0.05, 0.1) is 17.1 Å². The Morgan fingerprint density at radius 3 is 2.56 bits per heavy atom. The minimum absolute atomic E-state index is 0.126. The number of hydrogen-bond donors (Lipinski definition) is 1. The second-order valence-corrected chi connectivity index (χ2v) is 5.44. The molecule has 0 bridgehead atoms. The van der Waals surface area contributed by atoms with Crippen LogP contribution < -0.4 is 5.73 Å². The third-order valence-electron chi connectivity index (χ3n) is 2.37. The van der Waals surface area contributed by atoms with Gasteiger partial charge in [0.25, 0.3) is 5.91 Å². The first kappa shape index (κ1) is 15.0. The molecule has 0 aliphatic heterocycles. The minimum Gasteiger partial charge on any atom is -0.368 e. The summed E-state index contributed by atoms with van der Waals surface area (Å²) in [4.78, 5) is 24.7. The molecule has 0 saturated carbocycles. The molecule has 0 atom stereocenters. The fourth-order valence-corrected chi connectivity index (χ4v) is 2.03. The maximum atomic E-state index is 12.3. The molecule has 98 valence electrons. The van der Waals surface area contributed by atoms with Crippen LogP contribution in [0.4, 0.5) is 0 Å². The Morgan fingerprint density at radius 2 is 2.06 bits per heavy atom. The maximum absolute atomic E-state index is 12.3. The Morgan fingerprint density at radius 1 is 1.44 bits per heavy atom. The van der Waals surface area contributed by atoms with E-state index in [2.05, 4.69) is 15.9 Å². The van der Waals surface area contributed by atoms with Crippen molar-refractivity contribution in [3.63, 3.8) is 0 Å². The normalized spacial score (nSPS) is 10.5. The average Bonchev–Trinajstić information content (AvgIpc) is 2.27. The van der Waals surface area contributed by atoms with E-state index >= 15 is 0 Å². The molecule has 2 N–H and O–H groups in total. The van der Waals surface area contributed by atoms with Crippen molar-refractivity contribution in [3.05, 3.63) is 33.3 Å². The number of carbonyl (C=O) groups is 2. The molecule has 0 aliphatic carbocycles. The molecule has 0 unspecified atom stereocenters. The summed E-state index contributed by atoms with van der Waals surface area (Å²) in [5, 5.41) is 0.346. The van der Waals surface area contributed by atoms with Crippen LogP contribution in [0.5, 0.6) is 0 Å². The highest BCUT2D eigenvalue weighted by Crippen LogP contribution is 2.23. The molecule has 1 aromatic rings. The first-order valence-corrected chi connectivity index (χ1v) is 6.54. The van der Waals surface area contributed by atoms with Gasteiger partial charge >= 0.3 is 0 Å². The lowest BCUT2D eigenvalue weighted by Crippen LogP contribution is -2.42. The lowest BCUT2D eigenvalue weighted by molar-refractivity contribution is -0.119. The summed E-state index contributed by atoms with van der Waals surface area (Å²) in [5.41, 5.74) is 5.49. The summed E-state index contributed by atoms with van der Waals surface area (Å²) in [6, 6.07) is 4.86. The predicted octanol–water partition coefficient (Wildman–Crippen LogP) is 2.44. The van der Waals surface area contributed by atoms with Crippen LogP contribution in [0, 0.1) is 0 Å². The largest absolute Gasteiger partial charge is 0.368 e. The molecule has 0 aliphatic rings. The SMILES string of the molecule is CC(C)N(CC(N)=O)C(=O)c1cc(Br)ccc1Cl. The smallest absolute Gasteiger partial charge is 0.256 e. The molecule has 1 aromatic carbocycles. The number of nitrogens with two attached hydrogens (primary N) is 1. The Labute approximate surface area is 119 Å².